The summed E-state index contributed by atoms with van der Waals surface area (Å²) in [7, 11) is 0. The number of carbonyl (C=O) groups is 1. The number of hydrogen-bond acceptors (Lipinski definition) is 5. The van der Waals surface area contributed by atoms with E-state index in [1.807, 2.05) is 97.9 Å². The van der Waals surface area contributed by atoms with E-state index in [0.29, 0.717) is 25.3 Å². The number of fused-ring (bicyclic) bond motifs is 1. The molecule has 0 fully saturated rings. The molecule has 0 saturated heterocycles. The van der Waals surface area contributed by atoms with Crippen LogP contribution >= 0.6 is 0 Å². The van der Waals surface area contributed by atoms with E-state index in [0.717, 1.165) is 28.5 Å². The second kappa shape index (κ2) is 9.35. The van der Waals surface area contributed by atoms with E-state index in [9.17, 15) is 4.79 Å². The summed E-state index contributed by atoms with van der Waals surface area (Å²) < 4.78 is 17.1. The van der Waals surface area contributed by atoms with E-state index in [1.54, 1.807) is 11.2 Å². The minimum Gasteiger partial charge on any atom is -0.490 e. The zero-order valence-corrected chi connectivity index (χ0v) is 18.9. The Labute approximate surface area is 198 Å². The van der Waals surface area contributed by atoms with Crippen molar-refractivity contribution in [3.63, 3.8) is 0 Å². The van der Waals surface area contributed by atoms with Crippen LogP contribution in [-0.2, 0) is 12.2 Å². The van der Waals surface area contributed by atoms with Crippen molar-refractivity contribution >= 4 is 11.6 Å². The number of anilines is 1. The average Bonchev–Trinajstić information content (AvgIpc) is 3.39. The number of furan rings is 1. The van der Waals surface area contributed by atoms with Gasteiger partial charge in [-0.2, -0.15) is 0 Å². The Morgan fingerprint density at radius 3 is 2.21 bits per heavy atom. The van der Waals surface area contributed by atoms with Gasteiger partial charge in [-0.1, -0.05) is 42.5 Å². The van der Waals surface area contributed by atoms with Gasteiger partial charge in [0.05, 0.1) is 18.4 Å². The Morgan fingerprint density at radius 1 is 0.824 bits per heavy atom. The smallest absolute Gasteiger partial charge is 0.258 e. The molecular formula is C28H26N2O4. The fourth-order valence-electron chi connectivity index (χ4n) is 4.18. The van der Waals surface area contributed by atoms with Crippen LogP contribution in [0.2, 0.25) is 0 Å². The van der Waals surface area contributed by atoms with E-state index in [4.69, 9.17) is 13.9 Å². The Balaban J connectivity index is 1.33. The lowest BCUT2D eigenvalue weighted by Gasteiger charge is -2.46. The number of hydrogen-bond donors (Lipinski definition) is 1. The SMILES string of the molecule is CC1(c2ccc(OCCOc3ccccc3)cc2)Nc2ccccc2C(=O)N1Cc1ccco1. The molecular weight excluding hydrogens is 428 g/mol. The van der Waals surface area contributed by atoms with Gasteiger partial charge in [0, 0.05) is 5.69 Å². The van der Waals surface area contributed by atoms with E-state index in [2.05, 4.69) is 5.32 Å². The van der Waals surface area contributed by atoms with Crippen molar-refractivity contribution in [2.75, 3.05) is 18.5 Å². The summed E-state index contributed by atoms with van der Waals surface area (Å²) in [6, 6.07) is 28.7. The lowest BCUT2D eigenvalue weighted by molar-refractivity contribution is 0.0487. The molecule has 1 unspecified atom stereocenters. The summed E-state index contributed by atoms with van der Waals surface area (Å²) in [5.74, 6) is 2.23. The van der Waals surface area contributed by atoms with Crippen LogP contribution in [0.5, 0.6) is 11.5 Å². The molecule has 0 aliphatic carbocycles. The van der Waals surface area contributed by atoms with Gasteiger partial charge >= 0.3 is 0 Å². The number of benzene rings is 3. The number of nitrogens with one attached hydrogen (secondary N) is 1. The third-order valence-electron chi connectivity index (χ3n) is 6.00. The molecule has 1 aromatic heterocycles. The third-order valence-corrected chi connectivity index (χ3v) is 6.00. The highest BCUT2D eigenvalue weighted by molar-refractivity contribution is 6.02. The standard InChI is InChI=1S/C28H26N2O4/c1-28(21-13-15-23(16-14-21)34-19-18-33-22-8-3-2-4-9-22)29-26-12-6-5-11-25(26)27(31)30(28)20-24-10-7-17-32-24/h2-17,29H,18-20H2,1H3. The normalized spacial score (nSPS) is 17.1. The van der Waals surface area contributed by atoms with Crippen molar-refractivity contribution in [3.8, 4) is 11.5 Å². The zero-order chi connectivity index (χ0) is 23.4. The van der Waals surface area contributed by atoms with Crippen molar-refractivity contribution < 1.29 is 18.7 Å². The van der Waals surface area contributed by atoms with Crippen LogP contribution in [0.4, 0.5) is 5.69 Å². The number of nitrogens with zero attached hydrogens (tertiary/aromatic N) is 1. The molecule has 0 spiro atoms. The fourth-order valence-corrected chi connectivity index (χ4v) is 4.18. The number of para-hydroxylation sites is 2. The van der Waals surface area contributed by atoms with Gasteiger partial charge in [0.15, 0.2) is 0 Å². The van der Waals surface area contributed by atoms with E-state index in [1.165, 1.54) is 0 Å². The molecule has 1 aliphatic heterocycles. The number of rotatable bonds is 8. The molecule has 2 heterocycles. The second-order valence-corrected chi connectivity index (χ2v) is 8.25. The predicted molar refractivity (Wildman–Crippen MR) is 130 cm³/mol. The minimum atomic E-state index is -0.771. The predicted octanol–water partition coefficient (Wildman–Crippen LogP) is 5.68. The van der Waals surface area contributed by atoms with Crippen LogP contribution in [-0.4, -0.2) is 24.0 Å². The first-order valence-electron chi connectivity index (χ1n) is 11.3. The Hall–Kier alpha value is -4.19. The zero-order valence-electron chi connectivity index (χ0n) is 18.9. The molecule has 4 aromatic rings. The molecule has 0 bridgehead atoms. The van der Waals surface area contributed by atoms with Crippen LogP contribution in [0.1, 0.15) is 28.6 Å². The van der Waals surface area contributed by atoms with E-state index in [-0.39, 0.29) is 5.91 Å². The monoisotopic (exact) mass is 454 g/mol. The summed E-state index contributed by atoms with van der Waals surface area (Å²) >= 11 is 0. The van der Waals surface area contributed by atoms with E-state index >= 15 is 0 Å². The number of ether oxygens (including phenoxy) is 2. The van der Waals surface area contributed by atoms with Crippen LogP contribution in [0.3, 0.4) is 0 Å². The van der Waals surface area contributed by atoms with Gasteiger partial charge in [-0.25, -0.2) is 0 Å². The molecule has 34 heavy (non-hydrogen) atoms. The van der Waals surface area contributed by atoms with Gasteiger partial charge in [0.2, 0.25) is 0 Å². The van der Waals surface area contributed by atoms with Crippen LogP contribution in [0.25, 0.3) is 0 Å². The van der Waals surface area contributed by atoms with Crippen molar-refractivity contribution in [3.05, 3.63) is 114 Å². The number of amides is 1. The number of carbonyl (C=O) groups excluding carboxylic acids is 1. The summed E-state index contributed by atoms with van der Waals surface area (Å²) in [5, 5.41) is 3.58. The minimum absolute atomic E-state index is 0.0494. The molecule has 172 valence electrons. The van der Waals surface area contributed by atoms with Gasteiger partial charge < -0.3 is 24.1 Å². The Kier molecular flexibility index (Phi) is 5.95. The average molecular weight is 455 g/mol. The molecule has 1 N–H and O–H groups in total. The summed E-state index contributed by atoms with van der Waals surface area (Å²) in [6.07, 6.45) is 1.62. The quantitative estimate of drug-likeness (QED) is 0.347. The Morgan fingerprint density at radius 2 is 1.50 bits per heavy atom. The molecule has 1 atom stereocenters. The highest BCUT2D eigenvalue weighted by Gasteiger charge is 2.42. The molecule has 1 aliphatic rings. The van der Waals surface area contributed by atoms with Gasteiger partial charge in [0.1, 0.15) is 36.1 Å². The summed E-state index contributed by atoms with van der Waals surface area (Å²) in [4.78, 5) is 15.3. The highest BCUT2D eigenvalue weighted by Crippen LogP contribution is 2.39. The lowest BCUT2D eigenvalue weighted by atomic mass is 9.93. The lowest BCUT2D eigenvalue weighted by Crippen LogP contribution is -2.55. The highest BCUT2D eigenvalue weighted by atomic mass is 16.5. The van der Waals surface area contributed by atoms with Gasteiger partial charge in [-0.05, 0) is 61.0 Å². The maximum absolute atomic E-state index is 13.5. The fraction of sp³-hybridized carbons (Fsp3) is 0.179. The third kappa shape index (κ3) is 4.35. The molecule has 6 nitrogen and oxygen atoms in total. The summed E-state index contributed by atoms with van der Waals surface area (Å²) in [6.45, 7) is 3.24. The maximum Gasteiger partial charge on any atom is 0.258 e. The van der Waals surface area contributed by atoms with Crippen molar-refractivity contribution in [1.82, 2.24) is 4.90 Å². The second-order valence-electron chi connectivity index (χ2n) is 8.25. The first-order chi connectivity index (χ1) is 16.6. The molecule has 1 amide bonds. The topological polar surface area (TPSA) is 63.9 Å². The van der Waals surface area contributed by atoms with E-state index < -0.39 is 5.66 Å². The van der Waals surface area contributed by atoms with Crippen molar-refractivity contribution in [2.45, 2.75) is 19.1 Å². The van der Waals surface area contributed by atoms with Crippen molar-refractivity contribution in [1.29, 1.82) is 0 Å². The van der Waals surface area contributed by atoms with Gasteiger partial charge in [-0.3, -0.25) is 4.79 Å². The molecule has 0 radical (unpaired) electrons. The van der Waals surface area contributed by atoms with Crippen LogP contribution in [0, 0.1) is 0 Å². The van der Waals surface area contributed by atoms with Gasteiger partial charge in [0.25, 0.3) is 5.91 Å². The first-order valence-corrected chi connectivity index (χ1v) is 11.3. The molecule has 3 aromatic carbocycles. The maximum atomic E-state index is 13.5. The largest absolute Gasteiger partial charge is 0.490 e. The van der Waals surface area contributed by atoms with Gasteiger partial charge in [-0.15, -0.1) is 0 Å². The van der Waals surface area contributed by atoms with Crippen LogP contribution < -0.4 is 14.8 Å². The first kappa shape index (κ1) is 21.6. The molecule has 0 saturated carbocycles. The summed E-state index contributed by atoms with van der Waals surface area (Å²) in [5.41, 5.74) is 1.62. The molecule has 5 rings (SSSR count). The molecule has 6 heteroatoms. The Bertz CT molecular complexity index is 1240. The van der Waals surface area contributed by atoms with Crippen molar-refractivity contribution in [2.24, 2.45) is 0 Å². The van der Waals surface area contributed by atoms with Crippen LogP contribution in [0.15, 0.2) is 102 Å².